The zero-order valence-corrected chi connectivity index (χ0v) is 9.72. The van der Waals surface area contributed by atoms with E-state index in [1.165, 1.54) is 16.5 Å². The minimum absolute atomic E-state index is 0.864. The normalized spacial score (nSPS) is 11.1. The molecule has 1 N–H and O–H groups in total. The first kappa shape index (κ1) is 10.1. The summed E-state index contributed by atoms with van der Waals surface area (Å²) in [6.07, 6.45) is 5.01. The summed E-state index contributed by atoms with van der Waals surface area (Å²) in [5.41, 5.74) is 3.48. The van der Waals surface area contributed by atoms with E-state index in [9.17, 15) is 0 Å². The average Bonchev–Trinajstić information content (AvgIpc) is 2.93. The van der Waals surface area contributed by atoms with Crippen LogP contribution in [0.3, 0.4) is 0 Å². The standard InChI is InChI=1S/C13H14N4/c1-10-9-17(16-15-10)7-6-11-8-14-13-5-3-2-4-12(11)13/h2-5,8-9,14H,6-7H2,1H3. The highest BCUT2D eigenvalue weighted by Crippen LogP contribution is 2.18. The molecule has 4 heteroatoms. The number of hydrogen-bond acceptors (Lipinski definition) is 2. The third-order valence-electron chi connectivity index (χ3n) is 2.94. The molecule has 0 aliphatic heterocycles. The van der Waals surface area contributed by atoms with E-state index < -0.39 is 0 Å². The zero-order valence-electron chi connectivity index (χ0n) is 9.72. The van der Waals surface area contributed by atoms with Crippen molar-refractivity contribution in [3.63, 3.8) is 0 Å². The number of benzene rings is 1. The van der Waals surface area contributed by atoms with Crippen molar-refractivity contribution in [1.82, 2.24) is 20.0 Å². The van der Waals surface area contributed by atoms with Crippen LogP contribution in [0.25, 0.3) is 10.9 Å². The Morgan fingerprint density at radius 3 is 3.00 bits per heavy atom. The van der Waals surface area contributed by atoms with Crippen molar-refractivity contribution >= 4 is 10.9 Å². The van der Waals surface area contributed by atoms with Crippen molar-refractivity contribution in [2.75, 3.05) is 0 Å². The van der Waals surface area contributed by atoms with E-state index in [1.807, 2.05) is 23.9 Å². The van der Waals surface area contributed by atoms with Gasteiger partial charge in [0.25, 0.3) is 0 Å². The van der Waals surface area contributed by atoms with Crippen LogP contribution in [0, 0.1) is 6.92 Å². The minimum atomic E-state index is 0.864. The van der Waals surface area contributed by atoms with Gasteiger partial charge in [-0.1, -0.05) is 23.4 Å². The van der Waals surface area contributed by atoms with Crippen LogP contribution in [0.4, 0.5) is 0 Å². The number of aromatic nitrogens is 4. The Kier molecular flexibility index (Phi) is 2.40. The fourth-order valence-electron chi connectivity index (χ4n) is 2.08. The van der Waals surface area contributed by atoms with E-state index in [2.05, 4.69) is 39.7 Å². The maximum absolute atomic E-state index is 4.05. The SMILES string of the molecule is Cc1cn(CCc2c[nH]c3ccccc23)nn1. The quantitative estimate of drug-likeness (QED) is 0.745. The summed E-state index contributed by atoms with van der Waals surface area (Å²) in [6, 6.07) is 8.36. The molecule has 0 aliphatic carbocycles. The average molecular weight is 226 g/mol. The molecule has 3 aromatic rings. The van der Waals surface area contributed by atoms with Gasteiger partial charge < -0.3 is 4.98 Å². The Balaban J connectivity index is 1.81. The van der Waals surface area contributed by atoms with E-state index in [1.54, 1.807) is 0 Å². The van der Waals surface area contributed by atoms with Gasteiger partial charge in [0.2, 0.25) is 0 Å². The van der Waals surface area contributed by atoms with Crippen molar-refractivity contribution in [1.29, 1.82) is 0 Å². The molecule has 2 heterocycles. The molecule has 0 fully saturated rings. The summed E-state index contributed by atoms with van der Waals surface area (Å²) >= 11 is 0. The number of rotatable bonds is 3. The number of H-pyrrole nitrogens is 1. The molecule has 0 aliphatic rings. The molecule has 86 valence electrons. The highest BCUT2D eigenvalue weighted by molar-refractivity contribution is 5.82. The molecule has 0 saturated heterocycles. The number of nitrogens with one attached hydrogen (secondary N) is 1. The molecule has 0 unspecified atom stereocenters. The number of para-hydroxylation sites is 1. The van der Waals surface area contributed by atoms with E-state index in [-0.39, 0.29) is 0 Å². The monoisotopic (exact) mass is 226 g/mol. The van der Waals surface area contributed by atoms with Crippen molar-refractivity contribution in [2.24, 2.45) is 0 Å². The Morgan fingerprint density at radius 1 is 1.29 bits per heavy atom. The first-order valence-corrected chi connectivity index (χ1v) is 5.74. The van der Waals surface area contributed by atoms with Crippen LogP contribution < -0.4 is 0 Å². The summed E-state index contributed by atoms with van der Waals surface area (Å²) in [5, 5.41) is 9.33. The van der Waals surface area contributed by atoms with Gasteiger partial charge in [0.15, 0.2) is 0 Å². The van der Waals surface area contributed by atoms with Gasteiger partial charge in [0, 0.05) is 29.8 Å². The van der Waals surface area contributed by atoms with Gasteiger partial charge >= 0.3 is 0 Å². The largest absolute Gasteiger partial charge is 0.361 e. The third-order valence-corrected chi connectivity index (χ3v) is 2.94. The van der Waals surface area contributed by atoms with Crippen molar-refractivity contribution in [2.45, 2.75) is 19.9 Å². The van der Waals surface area contributed by atoms with E-state index in [4.69, 9.17) is 0 Å². The third kappa shape index (κ3) is 1.93. The van der Waals surface area contributed by atoms with Crippen LogP contribution in [0.1, 0.15) is 11.3 Å². The van der Waals surface area contributed by atoms with Gasteiger partial charge in [0.1, 0.15) is 0 Å². The van der Waals surface area contributed by atoms with Gasteiger partial charge in [-0.15, -0.1) is 5.10 Å². The van der Waals surface area contributed by atoms with Gasteiger partial charge in [-0.3, -0.25) is 4.68 Å². The Bertz CT molecular complexity index is 635. The lowest BCUT2D eigenvalue weighted by atomic mass is 10.1. The van der Waals surface area contributed by atoms with Crippen LogP contribution in [0.2, 0.25) is 0 Å². The first-order valence-electron chi connectivity index (χ1n) is 5.74. The summed E-state index contributed by atoms with van der Waals surface area (Å²) in [7, 11) is 0. The maximum Gasteiger partial charge on any atom is 0.0796 e. The summed E-state index contributed by atoms with van der Waals surface area (Å²) < 4.78 is 1.89. The van der Waals surface area contributed by atoms with E-state index in [0.29, 0.717) is 0 Å². The fraction of sp³-hybridized carbons (Fsp3) is 0.231. The molecule has 3 rings (SSSR count). The Morgan fingerprint density at radius 2 is 2.18 bits per heavy atom. The van der Waals surface area contributed by atoms with Gasteiger partial charge in [0.05, 0.1) is 5.69 Å². The molecular formula is C13H14N4. The summed E-state index contributed by atoms with van der Waals surface area (Å²) in [4.78, 5) is 3.28. The zero-order chi connectivity index (χ0) is 11.7. The lowest BCUT2D eigenvalue weighted by Crippen LogP contribution is -2.01. The number of aryl methyl sites for hydroxylation is 3. The number of nitrogens with zero attached hydrogens (tertiary/aromatic N) is 3. The Labute approximate surface area is 99.3 Å². The number of aromatic amines is 1. The molecule has 0 spiro atoms. The highest BCUT2D eigenvalue weighted by atomic mass is 15.4. The predicted octanol–water partition coefficient (Wildman–Crippen LogP) is 2.31. The van der Waals surface area contributed by atoms with Gasteiger partial charge in [-0.2, -0.15) is 0 Å². The number of fused-ring (bicyclic) bond motifs is 1. The van der Waals surface area contributed by atoms with Crippen LogP contribution in [-0.4, -0.2) is 20.0 Å². The second-order valence-electron chi connectivity index (χ2n) is 4.23. The fourth-order valence-corrected chi connectivity index (χ4v) is 2.08. The molecule has 0 radical (unpaired) electrons. The molecule has 1 aromatic carbocycles. The van der Waals surface area contributed by atoms with Crippen LogP contribution in [0.15, 0.2) is 36.7 Å². The number of hydrogen-bond donors (Lipinski definition) is 1. The van der Waals surface area contributed by atoms with Gasteiger partial charge in [-0.05, 0) is 25.0 Å². The van der Waals surface area contributed by atoms with Crippen molar-refractivity contribution in [3.8, 4) is 0 Å². The minimum Gasteiger partial charge on any atom is -0.361 e. The highest BCUT2D eigenvalue weighted by Gasteiger charge is 2.03. The molecule has 2 aromatic heterocycles. The van der Waals surface area contributed by atoms with E-state index in [0.717, 1.165) is 18.7 Å². The van der Waals surface area contributed by atoms with Crippen LogP contribution in [-0.2, 0) is 13.0 Å². The second-order valence-corrected chi connectivity index (χ2v) is 4.23. The topological polar surface area (TPSA) is 46.5 Å². The van der Waals surface area contributed by atoms with Crippen molar-refractivity contribution < 1.29 is 0 Å². The summed E-state index contributed by atoms with van der Waals surface area (Å²) in [5.74, 6) is 0. The summed E-state index contributed by atoms with van der Waals surface area (Å²) in [6.45, 7) is 2.82. The second kappa shape index (κ2) is 4.05. The maximum atomic E-state index is 4.05. The first-order chi connectivity index (χ1) is 8.33. The molecule has 4 nitrogen and oxygen atoms in total. The molecule has 17 heavy (non-hydrogen) atoms. The van der Waals surface area contributed by atoms with Crippen LogP contribution >= 0.6 is 0 Å². The van der Waals surface area contributed by atoms with Gasteiger partial charge in [-0.25, -0.2) is 0 Å². The lowest BCUT2D eigenvalue weighted by Gasteiger charge is -1.99. The molecule has 0 atom stereocenters. The predicted molar refractivity (Wildman–Crippen MR) is 66.8 cm³/mol. The van der Waals surface area contributed by atoms with Crippen molar-refractivity contribution in [3.05, 3.63) is 47.9 Å². The smallest absolute Gasteiger partial charge is 0.0796 e. The molecule has 0 saturated carbocycles. The Hall–Kier alpha value is -2.10. The van der Waals surface area contributed by atoms with E-state index >= 15 is 0 Å². The molecule has 0 bridgehead atoms. The molecule has 0 amide bonds. The van der Waals surface area contributed by atoms with Crippen LogP contribution in [0.5, 0.6) is 0 Å². The lowest BCUT2D eigenvalue weighted by molar-refractivity contribution is 0.590. The molecular weight excluding hydrogens is 212 g/mol.